The number of hydrogen-bond donors (Lipinski definition) is 0. The van der Waals surface area contributed by atoms with E-state index in [1.807, 2.05) is 131 Å². The summed E-state index contributed by atoms with van der Waals surface area (Å²) in [7, 11) is 0. The molecule has 0 aliphatic heterocycles. The first-order chi connectivity index (χ1) is 27.3. The first kappa shape index (κ1) is 50.0. The molecule has 4 aromatic heterocycles. The van der Waals surface area contributed by atoms with Crippen LogP contribution in [0.3, 0.4) is 0 Å². The van der Waals surface area contributed by atoms with Crippen LogP contribution in [0, 0.1) is 109 Å². The van der Waals surface area contributed by atoms with Crippen LogP contribution < -0.4 is 0 Å². The van der Waals surface area contributed by atoms with Crippen molar-refractivity contribution in [3.63, 3.8) is 0 Å². The molecule has 0 bridgehead atoms. The minimum Gasteiger partial charge on any atom is -0.261 e. The molecule has 0 unspecified atom stereocenters. The van der Waals surface area contributed by atoms with Gasteiger partial charge in [-0.2, -0.15) is 0 Å². The van der Waals surface area contributed by atoms with Crippen molar-refractivity contribution in [2.24, 2.45) is 0 Å². The first-order valence-corrected chi connectivity index (χ1v) is 19.1. The molecular formula is C50H62F2N6. The Bertz CT molecular complexity index is 1740. The predicted octanol–water partition coefficient (Wildman–Crippen LogP) is 12.8. The van der Waals surface area contributed by atoms with Gasteiger partial charge in [-0.05, 0) is 166 Å². The fraction of sp³-hybridized carbons (Fsp3) is 0.280. The van der Waals surface area contributed by atoms with E-state index in [-0.39, 0.29) is 11.6 Å². The van der Waals surface area contributed by atoms with Crippen LogP contribution in [0.2, 0.25) is 0 Å². The maximum atomic E-state index is 12.6. The van der Waals surface area contributed by atoms with Crippen molar-refractivity contribution in [1.82, 2.24) is 29.9 Å². The van der Waals surface area contributed by atoms with E-state index < -0.39 is 0 Å². The molecule has 0 amide bonds. The SMILES string of the molecule is Cc1ccc(C)c(F)c1.Cc1ccc(C)c(F)c1.Cc1ccc(C)cc1.Cc1ccc(C)nc1.Cc1ccc(C)nc1.Cc1cnc(C)nc1.Cc1cnc(C)nc1. The lowest BCUT2D eigenvalue weighted by atomic mass is 10.2. The van der Waals surface area contributed by atoms with Crippen LogP contribution in [0.1, 0.15) is 78.7 Å². The van der Waals surface area contributed by atoms with Crippen LogP contribution in [0.15, 0.2) is 122 Å². The molecule has 0 N–H and O–H groups in total. The normalized spacial score (nSPS) is 9.38. The third kappa shape index (κ3) is 24.5. The summed E-state index contributed by atoms with van der Waals surface area (Å²) in [5.41, 5.74) is 12.8. The minimum atomic E-state index is -0.116. The number of benzene rings is 3. The van der Waals surface area contributed by atoms with E-state index in [2.05, 4.69) is 80.1 Å². The molecule has 7 aromatic rings. The van der Waals surface area contributed by atoms with E-state index in [1.54, 1.807) is 26.0 Å². The summed E-state index contributed by atoms with van der Waals surface area (Å²) < 4.78 is 25.2. The summed E-state index contributed by atoms with van der Waals surface area (Å²) in [6.45, 7) is 27.2. The first-order valence-electron chi connectivity index (χ1n) is 19.1. The highest BCUT2D eigenvalue weighted by Crippen LogP contribution is 2.08. The van der Waals surface area contributed by atoms with E-state index in [1.165, 1.54) is 34.4 Å². The van der Waals surface area contributed by atoms with Crippen LogP contribution in [-0.4, -0.2) is 29.9 Å². The smallest absolute Gasteiger partial charge is 0.126 e. The number of halogens is 2. The van der Waals surface area contributed by atoms with Gasteiger partial charge in [-0.15, -0.1) is 0 Å². The number of hydrogen-bond acceptors (Lipinski definition) is 6. The molecule has 58 heavy (non-hydrogen) atoms. The van der Waals surface area contributed by atoms with E-state index in [0.29, 0.717) is 11.1 Å². The molecule has 0 aliphatic carbocycles. The molecule has 6 nitrogen and oxygen atoms in total. The summed E-state index contributed by atoms with van der Waals surface area (Å²) >= 11 is 0. The minimum absolute atomic E-state index is 0.116. The Kier molecular flexibility index (Phi) is 23.8. The van der Waals surface area contributed by atoms with Gasteiger partial charge < -0.3 is 0 Å². The third-order valence-corrected chi connectivity index (χ3v) is 7.81. The second-order valence-electron chi connectivity index (χ2n) is 14.2. The molecule has 0 aliphatic rings. The summed E-state index contributed by atoms with van der Waals surface area (Å²) in [6.07, 6.45) is 11.0. The lowest BCUT2D eigenvalue weighted by Gasteiger charge is -1.94. The van der Waals surface area contributed by atoms with Crippen LogP contribution in [0.4, 0.5) is 8.78 Å². The quantitative estimate of drug-likeness (QED) is 0.152. The van der Waals surface area contributed by atoms with Crippen molar-refractivity contribution in [3.05, 3.63) is 212 Å². The Morgan fingerprint density at radius 1 is 0.276 bits per heavy atom. The Morgan fingerprint density at radius 2 is 0.534 bits per heavy atom. The molecule has 0 saturated carbocycles. The average Bonchev–Trinajstić information content (AvgIpc) is 3.19. The van der Waals surface area contributed by atoms with E-state index in [9.17, 15) is 8.78 Å². The maximum absolute atomic E-state index is 12.6. The third-order valence-electron chi connectivity index (χ3n) is 7.81. The number of rotatable bonds is 0. The molecule has 4 heterocycles. The second kappa shape index (κ2) is 27.6. The number of aromatic nitrogens is 6. The Hall–Kier alpha value is -6.02. The fourth-order valence-electron chi connectivity index (χ4n) is 4.03. The highest BCUT2D eigenvalue weighted by Gasteiger charge is 1.94. The van der Waals surface area contributed by atoms with Crippen molar-refractivity contribution < 1.29 is 8.78 Å². The summed E-state index contributed by atoms with van der Waals surface area (Å²) in [6, 6.07) is 27.1. The van der Waals surface area contributed by atoms with Crippen molar-refractivity contribution in [2.45, 2.75) is 96.9 Å². The lowest BCUT2D eigenvalue weighted by Crippen LogP contribution is -1.84. The van der Waals surface area contributed by atoms with Gasteiger partial charge in [0, 0.05) is 48.6 Å². The largest absolute Gasteiger partial charge is 0.261 e. The Balaban J connectivity index is 0.000000339. The number of aryl methyl sites for hydroxylation is 14. The molecule has 306 valence electrons. The number of nitrogens with zero attached hydrogens (tertiary/aromatic N) is 6. The maximum Gasteiger partial charge on any atom is 0.126 e. The molecule has 0 atom stereocenters. The van der Waals surface area contributed by atoms with Crippen LogP contribution >= 0.6 is 0 Å². The van der Waals surface area contributed by atoms with E-state index in [4.69, 9.17) is 0 Å². The zero-order chi connectivity index (χ0) is 43.6. The Labute approximate surface area is 347 Å². The second-order valence-corrected chi connectivity index (χ2v) is 14.2. The lowest BCUT2D eigenvalue weighted by molar-refractivity contribution is 0.617. The van der Waals surface area contributed by atoms with Crippen molar-refractivity contribution >= 4 is 0 Å². The highest BCUT2D eigenvalue weighted by atomic mass is 19.1. The van der Waals surface area contributed by atoms with Gasteiger partial charge in [-0.1, -0.05) is 71.8 Å². The monoisotopic (exact) mass is 785 g/mol. The number of pyridine rings is 2. The molecule has 0 radical (unpaired) electrons. The van der Waals surface area contributed by atoms with Crippen LogP contribution in [0.25, 0.3) is 0 Å². The van der Waals surface area contributed by atoms with Crippen molar-refractivity contribution in [1.29, 1.82) is 0 Å². The van der Waals surface area contributed by atoms with Gasteiger partial charge in [0.15, 0.2) is 0 Å². The molecule has 7 rings (SSSR count). The molecule has 0 saturated heterocycles. The van der Waals surface area contributed by atoms with Gasteiger partial charge in [-0.3, -0.25) is 9.97 Å². The standard InChI is InChI=1S/2C8H9F.C8H10.2C7H9N.2C6H8N2/c2*1-6-3-4-7(2)8(9)5-6;1-7-3-5-8(2)6-4-7;2*1-6-3-4-7(2)8-5-6;2*1-5-3-7-6(2)8-4-5/h2*3-5H,1-2H3;3-6H,1-2H3;2*3-5H,1-2H3;2*3-4H,1-2H3. The predicted molar refractivity (Wildman–Crippen MR) is 238 cm³/mol. The fourth-order valence-corrected chi connectivity index (χ4v) is 4.03. The highest BCUT2D eigenvalue weighted by molar-refractivity contribution is 5.23. The van der Waals surface area contributed by atoms with Crippen molar-refractivity contribution in [2.75, 3.05) is 0 Å². The molecule has 0 spiro atoms. The Morgan fingerprint density at radius 3 is 0.741 bits per heavy atom. The zero-order valence-corrected chi connectivity index (χ0v) is 37.0. The molecular weight excluding hydrogens is 723 g/mol. The van der Waals surface area contributed by atoms with Gasteiger partial charge in [-0.25, -0.2) is 28.7 Å². The van der Waals surface area contributed by atoms with Gasteiger partial charge in [0.1, 0.15) is 23.3 Å². The summed E-state index contributed by atoms with van der Waals surface area (Å²) in [4.78, 5) is 24.0. The van der Waals surface area contributed by atoms with Gasteiger partial charge in [0.05, 0.1) is 0 Å². The summed E-state index contributed by atoms with van der Waals surface area (Å²) in [5.74, 6) is 1.43. The zero-order valence-electron chi connectivity index (χ0n) is 37.0. The van der Waals surface area contributed by atoms with Crippen molar-refractivity contribution in [3.8, 4) is 0 Å². The molecule has 0 fully saturated rings. The van der Waals surface area contributed by atoms with Crippen LogP contribution in [0.5, 0.6) is 0 Å². The topological polar surface area (TPSA) is 77.3 Å². The molecule has 3 aromatic carbocycles. The van der Waals surface area contributed by atoms with Gasteiger partial charge in [0.2, 0.25) is 0 Å². The van der Waals surface area contributed by atoms with Gasteiger partial charge in [0.25, 0.3) is 0 Å². The van der Waals surface area contributed by atoms with E-state index in [0.717, 1.165) is 45.3 Å². The molecule has 8 heteroatoms. The van der Waals surface area contributed by atoms with E-state index >= 15 is 0 Å². The summed E-state index contributed by atoms with van der Waals surface area (Å²) in [5, 5.41) is 0. The van der Waals surface area contributed by atoms with Gasteiger partial charge >= 0.3 is 0 Å². The average molecular weight is 785 g/mol. The van der Waals surface area contributed by atoms with Crippen LogP contribution in [-0.2, 0) is 0 Å².